The van der Waals surface area contributed by atoms with Crippen molar-refractivity contribution >= 4 is 56.4 Å². The monoisotopic (exact) mass is 649 g/mol. The Morgan fingerprint density at radius 3 is 2.44 bits per heavy atom. The number of thiophene rings is 1. The molecule has 45 heavy (non-hydrogen) atoms. The summed E-state index contributed by atoms with van der Waals surface area (Å²) in [6.45, 7) is 4.56. The maximum Gasteiger partial charge on any atom is 0.442 e. The number of aryl methyl sites for hydroxylation is 1. The van der Waals surface area contributed by atoms with Crippen LogP contribution in [0, 0.1) is 6.92 Å². The van der Waals surface area contributed by atoms with E-state index in [4.69, 9.17) is 4.74 Å². The van der Waals surface area contributed by atoms with E-state index in [1.165, 1.54) is 6.26 Å². The van der Waals surface area contributed by atoms with E-state index >= 15 is 0 Å². The molecular weight excluding hydrogens is 615 g/mol. The van der Waals surface area contributed by atoms with E-state index in [1.54, 1.807) is 60.9 Å². The third-order valence-corrected chi connectivity index (χ3v) is 8.88. The highest BCUT2D eigenvalue weighted by molar-refractivity contribution is 7.93. The molecule has 236 valence electrons. The van der Waals surface area contributed by atoms with Crippen LogP contribution in [0.3, 0.4) is 0 Å². The van der Waals surface area contributed by atoms with Gasteiger partial charge in [0.25, 0.3) is 5.91 Å². The number of nitrogens with zero attached hydrogens (tertiary/aromatic N) is 3. The molecule has 2 aromatic carbocycles. The summed E-state index contributed by atoms with van der Waals surface area (Å²) in [5, 5.41) is 13.9. The van der Waals surface area contributed by atoms with Crippen LogP contribution in [0.5, 0.6) is 0 Å². The smallest absolute Gasteiger partial charge is 0.442 e. The van der Waals surface area contributed by atoms with E-state index in [2.05, 4.69) is 35.6 Å². The minimum Gasteiger partial charge on any atom is -0.448 e. The summed E-state index contributed by atoms with van der Waals surface area (Å²) in [6, 6.07) is 17.7. The van der Waals surface area contributed by atoms with Crippen molar-refractivity contribution < 1.29 is 23.3 Å². The highest BCUT2D eigenvalue weighted by Gasteiger charge is 2.13. The molecule has 2 heterocycles. The number of benzene rings is 2. The van der Waals surface area contributed by atoms with Crippen LogP contribution < -0.4 is 21.3 Å². The first-order valence-corrected chi connectivity index (χ1v) is 17.0. The number of ether oxygens (including phenoxy) is 1. The zero-order chi connectivity index (χ0) is 32.2. The molecule has 14 heteroatoms. The molecule has 0 aliphatic rings. The summed E-state index contributed by atoms with van der Waals surface area (Å²) in [6.07, 6.45) is 2.86. The van der Waals surface area contributed by atoms with Crippen molar-refractivity contribution in [3.8, 4) is 10.4 Å². The number of nitrogens with one attached hydrogen (secondary N) is 4. The molecule has 12 nitrogen and oxygen atoms in total. The second-order valence-corrected chi connectivity index (χ2v) is 13.1. The molecule has 4 rings (SSSR count). The largest absolute Gasteiger partial charge is 0.448 e. The Hall–Kier alpha value is -4.82. The fraction of sp³-hybridized carbons (Fsp3) is 0.258. The zero-order valence-corrected chi connectivity index (χ0v) is 26.8. The Bertz CT molecular complexity index is 1740. The number of aromatic nitrogens is 2. The molecule has 0 saturated heterocycles. The number of carbonyl (C=O) groups is 3. The number of carbonyl (C=O) groups excluding carboxylic acids is 3. The Morgan fingerprint density at radius 1 is 1.00 bits per heavy atom. The lowest BCUT2D eigenvalue weighted by molar-refractivity contribution is -0.120. The van der Waals surface area contributed by atoms with Gasteiger partial charge in [0.15, 0.2) is 0 Å². The van der Waals surface area contributed by atoms with Gasteiger partial charge >= 0.3 is 6.09 Å². The lowest BCUT2D eigenvalue weighted by atomic mass is 10.1. The van der Waals surface area contributed by atoms with Gasteiger partial charge < -0.3 is 26.0 Å². The van der Waals surface area contributed by atoms with Crippen LogP contribution in [-0.2, 0) is 19.3 Å². The van der Waals surface area contributed by atoms with Crippen LogP contribution in [0.15, 0.2) is 81.5 Å². The first-order chi connectivity index (χ1) is 21.6. The summed E-state index contributed by atoms with van der Waals surface area (Å²) in [7, 11) is -2.96. The Balaban J connectivity index is 1.32. The van der Waals surface area contributed by atoms with E-state index in [1.807, 2.05) is 36.6 Å². The van der Waals surface area contributed by atoms with Crippen molar-refractivity contribution in [2.75, 3.05) is 43.1 Å². The van der Waals surface area contributed by atoms with Crippen molar-refractivity contribution in [3.05, 3.63) is 83.4 Å². The molecule has 2 aromatic heterocycles. The van der Waals surface area contributed by atoms with Crippen LogP contribution in [0.25, 0.3) is 10.4 Å². The zero-order valence-electron chi connectivity index (χ0n) is 25.2. The SMILES string of the molecule is CCOC(=O)N=S(C)(=O)c1ccc(Nc2ncc(-c3cccs3)c(NCCCNC(=O)CNC(=O)c3ccc(C)cc3)n2)cc1. The topological polar surface area (TPSA) is 164 Å². The molecule has 4 aromatic rings. The molecule has 0 bridgehead atoms. The summed E-state index contributed by atoms with van der Waals surface area (Å²) in [4.78, 5) is 46.7. The second-order valence-electron chi connectivity index (χ2n) is 9.85. The molecule has 0 aliphatic carbocycles. The molecule has 0 saturated carbocycles. The van der Waals surface area contributed by atoms with Crippen molar-refractivity contribution in [2.24, 2.45) is 4.36 Å². The second kappa shape index (κ2) is 15.8. The van der Waals surface area contributed by atoms with Gasteiger partial charge in [0, 0.05) is 46.6 Å². The third-order valence-electron chi connectivity index (χ3n) is 6.33. The minimum atomic E-state index is -2.96. The van der Waals surface area contributed by atoms with Crippen LogP contribution >= 0.6 is 11.3 Å². The number of anilines is 3. The first-order valence-electron chi connectivity index (χ1n) is 14.2. The molecule has 1 atom stereocenters. The molecule has 0 radical (unpaired) electrons. The van der Waals surface area contributed by atoms with Crippen molar-refractivity contribution in [2.45, 2.75) is 25.2 Å². The van der Waals surface area contributed by atoms with Crippen LogP contribution in [-0.4, -0.2) is 64.6 Å². The predicted molar refractivity (Wildman–Crippen MR) is 176 cm³/mol. The fourth-order valence-corrected chi connectivity index (χ4v) is 5.83. The molecular formula is C31H35N7O5S2. The fourth-order valence-electron chi connectivity index (χ4n) is 4.01. The minimum absolute atomic E-state index is 0.111. The van der Waals surface area contributed by atoms with E-state index < -0.39 is 15.8 Å². The van der Waals surface area contributed by atoms with Gasteiger partial charge in [-0.1, -0.05) is 23.8 Å². The molecule has 0 aliphatic heterocycles. The lowest BCUT2D eigenvalue weighted by Crippen LogP contribution is -2.37. The van der Waals surface area contributed by atoms with Gasteiger partial charge in [-0.3, -0.25) is 9.59 Å². The van der Waals surface area contributed by atoms with Crippen molar-refractivity contribution in [1.29, 1.82) is 0 Å². The summed E-state index contributed by atoms with van der Waals surface area (Å²) >= 11 is 1.56. The maximum atomic E-state index is 12.9. The first kappa shape index (κ1) is 33.1. The van der Waals surface area contributed by atoms with E-state index in [0.717, 1.165) is 16.0 Å². The highest BCUT2D eigenvalue weighted by Crippen LogP contribution is 2.31. The highest BCUT2D eigenvalue weighted by atomic mass is 32.2. The maximum absolute atomic E-state index is 12.9. The number of hydrogen-bond acceptors (Lipinski definition) is 10. The molecule has 0 spiro atoms. The van der Waals surface area contributed by atoms with Crippen molar-refractivity contribution in [3.63, 3.8) is 0 Å². The molecule has 4 N–H and O–H groups in total. The Morgan fingerprint density at radius 2 is 1.76 bits per heavy atom. The van der Waals surface area contributed by atoms with Gasteiger partial charge in [0.1, 0.15) is 5.82 Å². The van der Waals surface area contributed by atoms with Gasteiger partial charge in [0.05, 0.1) is 28.4 Å². The van der Waals surface area contributed by atoms with Gasteiger partial charge in [-0.25, -0.2) is 14.0 Å². The Labute approximate surface area is 266 Å². The number of amides is 3. The van der Waals surface area contributed by atoms with Gasteiger partial charge in [-0.2, -0.15) is 4.98 Å². The Kier molecular flexibility index (Phi) is 11.6. The quantitative estimate of drug-likeness (QED) is 0.142. The van der Waals surface area contributed by atoms with Crippen LogP contribution in [0.2, 0.25) is 0 Å². The summed E-state index contributed by atoms with van der Waals surface area (Å²) < 4.78 is 21.4. The summed E-state index contributed by atoms with van der Waals surface area (Å²) in [5.41, 5.74) is 3.04. The van der Waals surface area contributed by atoms with Crippen molar-refractivity contribution in [1.82, 2.24) is 20.6 Å². The standard InChI is InChI=1S/C31H35N7O5S2/c1-4-43-31(41)38-45(3,42)24-14-12-23(13-15-24)36-30-35-19-25(26-7-5-18-44-26)28(37-30)33-17-6-16-32-27(39)20-34-29(40)22-10-8-21(2)9-11-22/h5,7-15,18-19H,4,6,16-17,20H2,1-3H3,(H,32,39)(H,34,40)(H2,33,35,36,37). The third kappa shape index (κ3) is 9.84. The van der Waals surface area contributed by atoms with E-state index in [-0.39, 0.29) is 25.0 Å². The lowest BCUT2D eigenvalue weighted by Gasteiger charge is -2.13. The number of rotatable bonds is 13. The predicted octanol–water partition coefficient (Wildman–Crippen LogP) is 5.22. The molecule has 1 unspecified atom stereocenters. The normalized spacial score (nSPS) is 12.0. The summed E-state index contributed by atoms with van der Waals surface area (Å²) in [5.74, 6) is 0.388. The van der Waals surface area contributed by atoms with E-state index in [0.29, 0.717) is 47.4 Å². The number of hydrogen-bond donors (Lipinski definition) is 4. The molecule has 0 fully saturated rings. The van der Waals surface area contributed by atoms with E-state index in [9.17, 15) is 18.6 Å². The average molecular weight is 650 g/mol. The average Bonchev–Trinajstić information content (AvgIpc) is 3.55. The van der Waals surface area contributed by atoms with Gasteiger partial charge in [-0.05, 0) is 68.1 Å². The molecule has 3 amide bonds. The van der Waals surface area contributed by atoms with Gasteiger partial charge in [0.2, 0.25) is 11.9 Å². The van der Waals surface area contributed by atoms with Gasteiger partial charge in [-0.15, -0.1) is 15.7 Å². The van der Waals surface area contributed by atoms with Crippen LogP contribution in [0.1, 0.15) is 29.3 Å². The van der Waals surface area contributed by atoms with Crippen LogP contribution in [0.4, 0.5) is 22.2 Å².